The predicted molar refractivity (Wildman–Crippen MR) is 67.7 cm³/mol. The molecule has 0 bridgehead atoms. The van der Waals surface area contributed by atoms with Crippen molar-refractivity contribution in [3.63, 3.8) is 0 Å². The molecule has 5 nitrogen and oxygen atoms in total. The molecule has 1 aromatic carbocycles. The molecule has 7 heteroatoms. The van der Waals surface area contributed by atoms with Gasteiger partial charge in [0.1, 0.15) is 16.8 Å². The van der Waals surface area contributed by atoms with Gasteiger partial charge in [-0.3, -0.25) is 4.79 Å². The molecule has 19 heavy (non-hydrogen) atoms. The number of hydrogen-bond acceptors (Lipinski definition) is 3. The number of sulfonamides is 1. The fourth-order valence-electron chi connectivity index (χ4n) is 1.53. The first-order chi connectivity index (χ1) is 8.65. The van der Waals surface area contributed by atoms with Gasteiger partial charge in [-0.05, 0) is 30.5 Å². The number of aliphatic carboxylic acids is 1. The lowest BCUT2D eigenvalue weighted by atomic mass is 10.1. The number of nitrogens with one attached hydrogen (secondary N) is 1. The van der Waals surface area contributed by atoms with Gasteiger partial charge in [0, 0.05) is 0 Å². The third kappa shape index (κ3) is 3.74. The molecule has 1 aromatic rings. The van der Waals surface area contributed by atoms with E-state index in [9.17, 15) is 17.6 Å². The summed E-state index contributed by atoms with van der Waals surface area (Å²) in [5, 5.41) is 8.95. The van der Waals surface area contributed by atoms with Gasteiger partial charge >= 0.3 is 5.97 Å². The van der Waals surface area contributed by atoms with E-state index in [4.69, 9.17) is 5.11 Å². The highest BCUT2D eigenvalue weighted by Gasteiger charge is 2.29. The van der Waals surface area contributed by atoms with Gasteiger partial charge in [-0.2, -0.15) is 4.72 Å². The summed E-state index contributed by atoms with van der Waals surface area (Å²) in [6.45, 7) is 4.75. The molecule has 0 saturated carbocycles. The van der Waals surface area contributed by atoms with Crippen molar-refractivity contribution in [1.29, 1.82) is 0 Å². The van der Waals surface area contributed by atoms with Crippen molar-refractivity contribution in [3.8, 4) is 0 Å². The smallest absolute Gasteiger partial charge is 0.322 e. The Morgan fingerprint density at radius 2 is 1.95 bits per heavy atom. The van der Waals surface area contributed by atoms with E-state index in [1.165, 1.54) is 6.07 Å². The molecule has 0 aliphatic rings. The van der Waals surface area contributed by atoms with Gasteiger partial charge < -0.3 is 5.11 Å². The molecule has 2 N–H and O–H groups in total. The lowest BCUT2D eigenvalue weighted by Gasteiger charge is -2.18. The van der Waals surface area contributed by atoms with Crippen LogP contribution in [-0.4, -0.2) is 25.5 Å². The number of carbonyl (C=O) groups is 1. The van der Waals surface area contributed by atoms with Crippen LogP contribution in [0.1, 0.15) is 19.4 Å². The summed E-state index contributed by atoms with van der Waals surface area (Å²) in [6, 6.07) is 2.35. The number of aryl methyl sites for hydroxylation is 1. The minimum absolute atomic E-state index is 0.458. The lowest BCUT2D eigenvalue weighted by molar-refractivity contribution is -0.140. The second-order valence-corrected chi connectivity index (χ2v) is 6.30. The summed E-state index contributed by atoms with van der Waals surface area (Å²) in [5.41, 5.74) is 0.579. The number of hydrogen-bond donors (Lipinski definition) is 2. The Morgan fingerprint density at radius 3 is 2.37 bits per heavy atom. The number of rotatable bonds is 5. The fourth-order valence-corrected chi connectivity index (χ4v) is 2.92. The Labute approximate surface area is 111 Å². The van der Waals surface area contributed by atoms with Crippen molar-refractivity contribution in [2.45, 2.75) is 31.7 Å². The highest BCUT2D eigenvalue weighted by atomic mass is 32.2. The maximum Gasteiger partial charge on any atom is 0.322 e. The van der Waals surface area contributed by atoms with E-state index < -0.39 is 38.7 Å². The molecule has 0 aliphatic heterocycles. The van der Waals surface area contributed by atoms with Crippen LogP contribution >= 0.6 is 0 Å². The van der Waals surface area contributed by atoms with Crippen LogP contribution in [0.2, 0.25) is 0 Å². The molecule has 0 fully saturated rings. The van der Waals surface area contributed by atoms with E-state index in [1.807, 2.05) is 4.72 Å². The molecule has 0 aliphatic carbocycles. The maximum atomic E-state index is 13.6. The third-order valence-electron chi connectivity index (χ3n) is 2.59. The first kappa shape index (κ1) is 15.6. The average molecular weight is 289 g/mol. The Kier molecular flexibility index (Phi) is 4.65. The molecular formula is C12H16FNO4S. The first-order valence-corrected chi connectivity index (χ1v) is 7.14. The molecule has 0 spiro atoms. The normalized spacial score (nSPS) is 13.5. The maximum absolute atomic E-state index is 13.6. The summed E-state index contributed by atoms with van der Waals surface area (Å²) < 4.78 is 39.6. The van der Waals surface area contributed by atoms with Gasteiger partial charge in [0.25, 0.3) is 0 Å². The van der Waals surface area contributed by atoms with E-state index in [2.05, 4.69) is 0 Å². The molecule has 0 radical (unpaired) electrons. The van der Waals surface area contributed by atoms with Crippen molar-refractivity contribution >= 4 is 16.0 Å². The van der Waals surface area contributed by atoms with Crippen LogP contribution < -0.4 is 4.72 Å². The molecule has 0 saturated heterocycles. The second-order valence-electron chi connectivity index (χ2n) is 4.62. The van der Waals surface area contributed by atoms with Crippen molar-refractivity contribution in [2.75, 3.05) is 0 Å². The van der Waals surface area contributed by atoms with Gasteiger partial charge in [0.05, 0.1) is 0 Å². The van der Waals surface area contributed by atoms with Crippen LogP contribution in [0.3, 0.4) is 0 Å². The largest absolute Gasteiger partial charge is 0.480 e. The van der Waals surface area contributed by atoms with E-state index >= 15 is 0 Å². The molecule has 0 aromatic heterocycles. The minimum atomic E-state index is -4.20. The number of benzene rings is 1. The first-order valence-electron chi connectivity index (χ1n) is 5.66. The zero-order valence-corrected chi connectivity index (χ0v) is 11.7. The van der Waals surface area contributed by atoms with E-state index in [1.54, 1.807) is 20.8 Å². The van der Waals surface area contributed by atoms with Gasteiger partial charge in [0.15, 0.2) is 0 Å². The highest BCUT2D eigenvalue weighted by molar-refractivity contribution is 7.89. The molecule has 0 unspecified atom stereocenters. The number of halogens is 1. The number of carboxylic acid groups (broad SMARTS) is 1. The molecule has 1 rings (SSSR count). The second kappa shape index (κ2) is 5.66. The monoisotopic (exact) mass is 289 g/mol. The summed E-state index contributed by atoms with van der Waals surface area (Å²) >= 11 is 0. The van der Waals surface area contributed by atoms with Gasteiger partial charge in [-0.25, -0.2) is 12.8 Å². The van der Waals surface area contributed by atoms with Crippen LogP contribution in [0.5, 0.6) is 0 Å². The van der Waals surface area contributed by atoms with Crippen molar-refractivity contribution in [3.05, 3.63) is 29.6 Å². The SMILES string of the molecule is Cc1ccc(S(=O)(=O)N[C@@H](C(=O)O)C(C)C)c(F)c1. The topological polar surface area (TPSA) is 83.5 Å². The van der Waals surface area contributed by atoms with Crippen molar-refractivity contribution in [1.82, 2.24) is 4.72 Å². The van der Waals surface area contributed by atoms with Crippen LogP contribution in [-0.2, 0) is 14.8 Å². The number of carboxylic acids is 1. The van der Waals surface area contributed by atoms with Gasteiger partial charge in [-0.1, -0.05) is 19.9 Å². The molecule has 1 atom stereocenters. The predicted octanol–water partition coefficient (Wildman–Crippen LogP) is 1.52. The van der Waals surface area contributed by atoms with Crippen molar-refractivity contribution < 1.29 is 22.7 Å². The molecular weight excluding hydrogens is 273 g/mol. The standard InChI is InChI=1S/C12H16FNO4S/c1-7(2)11(12(15)16)14-19(17,18)10-5-4-8(3)6-9(10)13/h4-7,11,14H,1-3H3,(H,15,16)/t11-/m1/s1. The fraction of sp³-hybridized carbons (Fsp3) is 0.417. The Hall–Kier alpha value is -1.47. The van der Waals surface area contributed by atoms with E-state index in [0.717, 1.165) is 12.1 Å². The van der Waals surface area contributed by atoms with E-state index in [-0.39, 0.29) is 0 Å². The Balaban J connectivity index is 3.14. The lowest BCUT2D eigenvalue weighted by Crippen LogP contribution is -2.44. The average Bonchev–Trinajstić information content (AvgIpc) is 2.24. The van der Waals surface area contributed by atoms with Crippen LogP contribution in [0.4, 0.5) is 4.39 Å². The molecule has 0 heterocycles. The van der Waals surface area contributed by atoms with Crippen LogP contribution in [0.25, 0.3) is 0 Å². The van der Waals surface area contributed by atoms with Crippen LogP contribution in [0, 0.1) is 18.7 Å². The summed E-state index contributed by atoms with van der Waals surface area (Å²) in [6.07, 6.45) is 0. The third-order valence-corrected chi connectivity index (χ3v) is 4.07. The zero-order valence-electron chi connectivity index (χ0n) is 10.8. The van der Waals surface area contributed by atoms with Gasteiger partial charge in [0.2, 0.25) is 10.0 Å². The Morgan fingerprint density at radius 1 is 1.37 bits per heavy atom. The van der Waals surface area contributed by atoms with Crippen LogP contribution in [0.15, 0.2) is 23.1 Å². The molecule has 106 valence electrons. The van der Waals surface area contributed by atoms with Crippen molar-refractivity contribution in [2.24, 2.45) is 5.92 Å². The highest BCUT2D eigenvalue weighted by Crippen LogP contribution is 2.17. The van der Waals surface area contributed by atoms with E-state index in [0.29, 0.717) is 5.56 Å². The van der Waals surface area contributed by atoms with Gasteiger partial charge in [-0.15, -0.1) is 0 Å². The molecule has 0 amide bonds. The summed E-state index contributed by atoms with van der Waals surface area (Å²) in [5.74, 6) is -2.66. The zero-order chi connectivity index (χ0) is 14.8. The summed E-state index contributed by atoms with van der Waals surface area (Å²) in [7, 11) is -4.20. The Bertz CT molecular complexity index is 583. The minimum Gasteiger partial charge on any atom is -0.480 e. The summed E-state index contributed by atoms with van der Waals surface area (Å²) in [4.78, 5) is 10.4. The quantitative estimate of drug-likeness (QED) is 0.861.